The van der Waals surface area contributed by atoms with Crippen LogP contribution in [0.2, 0.25) is 0 Å². The van der Waals surface area contributed by atoms with Crippen LogP contribution in [-0.4, -0.2) is 38.0 Å². The van der Waals surface area contributed by atoms with Crippen molar-refractivity contribution in [3.63, 3.8) is 0 Å². The summed E-state index contributed by atoms with van der Waals surface area (Å²) < 4.78 is 10.9. The van der Waals surface area contributed by atoms with E-state index in [0.29, 0.717) is 13.2 Å². The van der Waals surface area contributed by atoms with Gasteiger partial charge in [0, 0.05) is 6.61 Å². The Balaban J connectivity index is 2.19. The fraction of sp³-hybridized carbons (Fsp3) is 0.909. The minimum Gasteiger partial charge on any atom is -0.376 e. The molecule has 1 rings (SSSR count). The maximum Gasteiger partial charge on any atom is 0.127 e. The van der Waals surface area contributed by atoms with Gasteiger partial charge in [0.25, 0.3) is 0 Å². The largest absolute Gasteiger partial charge is 0.376 e. The molecule has 0 aliphatic carbocycles. The summed E-state index contributed by atoms with van der Waals surface area (Å²) >= 11 is 0. The number of hydrogen-bond donors (Lipinski definition) is 1. The average Bonchev–Trinajstić information content (AvgIpc) is 2.71. The van der Waals surface area contributed by atoms with Crippen LogP contribution in [0.15, 0.2) is 0 Å². The third kappa shape index (κ3) is 4.17. The van der Waals surface area contributed by atoms with E-state index in [1.54, 1.807) is 0 Å². The van der Waals surface area contributed by atoms with Crippen LogP contribution < -0.4 is 5.32 Å². The number of hydrogen-bond acceptors (Lipinski definition) is 4. The molecule has 0 aromatic heterocycles. The van der Waals surface area contributed by atoms with Crippen molar-refractivity contribution in [3.8, 4) is 6.07 Å². The monoisotopic (exact) mass is 212 g/mol. The topological polar surface area (TPSA) is 54.3 Å². The van der Waals surface area contributed by atoms with E-state index in [-0.39, 0.29) is 6.10 Å². The maximum atomic E-state index is 8.98. The van der Waals surface area contributed by atoms with Gasteiger partial charge >= 0.3 is 0 Å². The Labute approximate surface area is 91.6 Å². The van der Waals surface area contributed by atoms with E-state index in [1.807, 2.05) is 13.8 Å². The number of likely N-dealkylation sites (N-methyl/N-ethyl adjacent to an activating group) is 1. The smallest absolute Gasteiger partial charge is 0.127 e. The molecule has 86 valence electrons. The van der Waals surface area contributed by atoms with Gasteiger partial charge in [-0.1, -0.05) is 6.92 Å². The van der Waals surface area contributed by atoms with E-state index >= 15 is 0 Å². The van der Waals surface area contributed by atoms with E-state index in [0.717, 1.165) is 26.0 Å². The van der Waals surface area contributed by atoms with Gasteiger partial charge in [0.1, 0.15) is 5.54 Å². The summed E-state index contributed by atoms with van der Waals surface area (Å²) in [5, 5.41) is 12.1. The molecule has 0 amide bonds. The standard InChI is InChI=1S/C11H20N2O2/c1-3-13-11(2,8-12)9-14-7-10-5-4-6-15-10/h10,13H,3-7,9H2,1-2H3. The second kappa shape index (κ2) is 6.06. The van der Waals surface area contributed by atoms with Gasteiger partial charge in [-0.2, -0.15) is 5.26 Å². The normalized spacial score (nSPS) is 24.7. The molecule has 0 spiro atoms. The molecule has 1 aliphatic heterocycles. The van der Waals surface area contributed by atoms with Crippen molar-refractivity contribution < 1.29 is 9.47 Å². The first-order valence-corrected chi connectivity index (χ1v) is 5.56. The first kappa shape index (κ1) is 12.4. The molecule has 1 fully saturated rings. The number of nitriles is 1. The van der Waals surface area contributed by atoms with Gasteiger partial charge in [0.2, 0.25) is 0 Å². The average molecular weight is 212 g/mol. The van der Waals surface area contributed by atoms with Crippen molar-refractivity contribution in [1.29, 1.82) is 5.26 Å². The van der Waals surface area contributed by atoms with E-state index in [4.69, 9.17) is 14.7 Å². The number of rotatable bonds is 6. The molecular weight excluding hydrogens is 192 g/mol. The Morgan fingerprint density at radius 3 is 3.00 bits per heavy atom. The van der Waals surface area contributed by atoms with Crippen LogP contribution in [0.25, 0.3) is 0 Å². The van der Waals surface area contributed by atoms with E-state index in [9.17, 15) is 0 Å². The van der Waals surface area contributed by atoms with Gasteiger partial charge in [0.05, 0.1) is 25.4 Å². The highest BCUT2D eigenvalue weighted by atomic mass is 16.5. The molecule has 1 heterocycles. The fourth-order valence-electron chi connectivity index (χ4n) is 1.68. The Morgan fingerprint density at radius 2 is 2.47 bits per heavy atom. The zero-order valence-electron chi connectivity index (χ0n) is 9.58. The number of ether oxygens (including phenoxy) is 2. The lowest BCUT2D eigenvalue weighted by Crippen LogP contribution is -2.45. The minimum atomic E-state index is -0.576. The van der Waals surface area contributed by atoms with Crippen LogP contribution in [-0.2, 0) is 9.47 Å². The highest BCUT2D eigenvalue weighted by Gasteiger charge is 2.24. The predicted molar refractivity (Wildman–Crippen MR) is 57.5 cm³/mol. The van der Waals surface area contributed by atoms with Gasteiger partial charge in [-0.25, -0.2) is 0 Å². The SMILES string of the molecule is CCNC(C)(C#N)COCC1CCCO1. The molecule has 0 saturated carbocycles. The summed E-state index contributed by atoms with van der Waals surface area (Å²) in [5.74, 6) is 0. The van der Waals surface area contributed by atoms with Crippen LogP contribution in [0, 0.1) is 11.3 Å². The summed E-state index contributed by atoms with van der Waals surface area (Å²) in [4.78, 5) is 0. The summed E-state index contributed by atoms with van der Waals surface area (Å²) in [6.07, 6.45) is 2.43. The third-order valence-corrected chi connectivity index (χ3v) is 2.53. The second-order valence-corrected chi connectivity index (χ2v) is 4.12. The van der Waals surface area contributed by atoms with Gasteiger partial charge < -0.3 is 9.47 Å². The Hall–Kier alpha value is -0.630. The molecule has 1 saturated heterocycles. The van der Waals surface area contributed by atoms with Crippen molar-refractivity contribution in [2.45, 2.75) is 38.3 Å². The summed E-state index contributed by atoms with van der Waals surface area (Å²) in [7, 11) is 0. The summed E-state index contributed by atoms with van der Waals surface area (Å²) in [6, 6.07) is 2.23. The van der Waals surface area contributed by atoms with Crippen LogP contribution >= 0.6 is 0 Å². The molecule has 0 aromatic carbocycles. The van der Waals surface area contributed by atoms with Crippen molar-refractivity contribution in [2.24, 2.45) is 0 Å². The third-order valence-electron chi connectivity index (χ3n) is 2.53. The van der Waals surface area contributed by atoms with Crippen LogP contribution in [0.3, 0.4) is 0 Å². The molecule has 0 bridgehead atoms. The lowest BCUT2D eigenvalue weighted by Gasteiger charge is -2.23. The van der Waals surface area contributed by atoms with Crippen LogP contribution in [0.4, 0.5) is 0 Å². The molecule has 2 atom stereocenters. The van der Waals surface area contributed by atoms with Crippen molar-refractivity contribution in [1.82, 2.24) is 5.32 Å². The van der Waals surface area contributed by atoms with Crippen LogP contribution in [0.5, 0.6) is 0 Å². The van der Waals surface area contributed by atoms with Gasteiger partial charge in [-0.05, 0) is 26.3 Å². The Bertz CT molecular complexity index is 221. The van der Waals surface area contributed by atoms with Crippen molar-refractivity contribution in [2.75, 3.05) is 26.4 Å². The molecule has 4 heteroatoms. The lowest BCUT2D eigenvalue weighted by atomic mass is 10.1. The van der Waals surface area contributed by atoms with E-state index in [1.165, 1.54) is 0 Å². The van der Waals surface area contributed by atoms with Gasteiger partial charge in [-0.15, -0.1) is 0 Å². The Morgan fingerprint density at radius 1 is 1.67 bits per heavy atom. The quantitative estimate of drug-likeness (QED) is 0.715. The molecule has 2 unspecified atom stereocenters. The minimum absolute atomic E-state index is 0.231. The lowest BCUT2D eigenvalue weighted by molar-refractivity contribution is 0.00463. The highest BCUT2D eigenvalue weighted by Crippen LogP contribution is 2.13. The maximum absolute atomic E-state index is 8.98. The van der Waals surface area contributed by atoms with Gasteiger partial charge in [0.15, 0.2) is 0 Å². The van der Waals surface area contributed by atoms with E-state index in [2.05, 4.69) is 11.4 Å². The zero-order valence-corrected chi connectivity index (χ0v) is 9.58. The molecule has 1 aliphatic rings. The van der Waals surface area contributed by atoms with Gasteiger partial charge in [-0.3, -0.25) is 5.32 Å². The van der Waals surface area contributed by atoms with Crippen molar-refractivity contribution in [3.05, 3.63) is 0 Å². The molecule has 0 radical (unpaired) electrons. The van der Waals surface area contributed by atoms with Crippen LogP contribution in [0.1, 0.15) is 26.7 Å². The molecular formula is C11H20N2O2. The van der Waals surface area contributed by atoms with E-state index < -0.39 is 5.54 Å². The summed E-state index contributed by atoms with van der Waals surface area (Å²) in [5.41, 5.74) is -0.576. The number of nitrogens with one attached hydrogen (secondary N) is 1. The fourth-order valence-corrected chi connectivity index (χ4v) is 1.68. The first-order chi connectivity index (χ1) is 7.20. The summed E-state index contributed by atoms with van der Waals surface area (Å²) in [6.45, 7) is 6.46. The Kier molecular flexibility index (Phi) is 5.03. The first-order valence-electron chi connectivity index (χ1n) is 5.56. The zero-order chi connectivity index (χ0) is 11.1. The predicted octanol–water partition coefficient (Wildman–Crippen LogP) is 1.07. The molecule has 15 heavy (non-hydrogen) atoms. The second-order valence-electron chi connectivity index (χ2n) is 4.12. The highest BCUT2D eigenvalue weighted by molar-refractivity contribution is 5.03. The molecule has 0 aromatic rings. The van der Waals surface area contributed by atoms with Crippen molar-refractivity contribution >= 4 is 0 Å². The molecule has 1 N–H and O–H groups in total. The number of nitrogens with zero attached hydrogens (tertiary/aromatic N) is 1. The molecule has 4 nitrogen and oxygen atoms in total.